The average Bonchev–Trinajstić information content (AvgIpc) is 3.11. The third-order valence-electron chi connectivity index (χ3n) is 4.08. The molecule has 2 aromatic heterocycles. The molecule has 0 bridgehead atoms. The topological polar surface area (TPSA) is 142 Å². The highest BCUT2D eigenvalue weighted by atomic mass is 16.2. The SMILES string of the molecule is Cn1c(=O)c(C(=O)Cn2cnnc2C#N)c(N)n(Cc2ccccc2)c1=O. The van der Waals surface area contributed by atoms with Gasteiger partial charge in [0.05, 0.1) is 13.1 Å². The van der Waals surface area contributed by atoms with Gasteiger partial charge in [-0.25, -0.2) is 4.79 Å². The predicted octanol–water partition coefficient (Wildman–Crippen LogP) is -0.476. The summed E-state index contributed by atoms with van der Waals surface area (Å²) < 4.78 is 3.21. The van der Waals surface area contributed by atoms with Crippen LogP contribution in [0.25, 0.3) is 0 Å². The van der Waals surface area contributed by atoms with Gasteiger partial charge in [-0.1, -0.05) is 30.3 Å². The van der Waals surface area contributed by atoms with Crippen LogP contribution in [0.5, 0.6) is 0 Å². The average molecular weight is 365 g/mol. The Labute approximate surface area is 152 Å². The van der Waals surface area contributed by atoms with Gasteiger partial charge >= 0.3 is 5.69 Å². The van der Waals surface area contributed by atoms with Gasteiger partial charge in [0.25, 0.3) is 5.56 Å². The Balaban J connectivity index is 2.08. The third kappa shape index (κ3) is 3.25. The Hall–Kier alpha value is -4.00. The van der Waals surface area contributed by atoms with Crippen LogP contribution in [0.15, 0.2) is 46.2 Å². The molecule has 0 aliphatic carbocycles. The van der Waals surface area contributed by atoms with Crippen LogP contribution in [0.1, 0.15) is 21.7 Å². The molecule has 0 spiro atoms. The highest BCUT2D eigenvalue weighted by Crippen LogP contribution is 2.10. The number of Topliss-reactive ketones (excluding diaryl/α,β-unsaturated/α-hetero) is 1. The first kappa shape index (κ1) is 17.8. The lowest BCUT2D eigenvalue weighted by molar-refractivity contribution is 0.0969. The summed E-state index contributed by atoms with van der Waals surface area (Å²) in [5.74, 6) is -0.939. The maximum atomic E-state index is 12.7. The smallest absolute Gasteiger partial charge is 0.332 e. The van der Waals surface area contributed by atoms with Crippen LogP contribution in [-0.4, -0.2) is 29.7 Å². The molecule has 136 valence electrons. The second-order valence-corrected chi connectivity index (χ2v) is 5.80. The quantitative estimate of drug-likeness (QED) is 0.602. The van der Waals surface area contributed by atoms with E-state index >= 15 is 0 Å². The Morgan fingerprint density at radius 2 is 1.96 bits per heavy atom. The van der Waals surface area contributed by atoms with Crippen molar-refractivity contribution in [2.75, 3.05) is 5.73 Å². The molecule has 0 unspecified atom stereocenters. The van der Waals surface area contributed by atoms with Crippen LogP contribution < -0.4 is 17.0 Å². The van der Waals surface area contributed by atoms with Crippen molar-refractivity contribution in [2.45, 2.75) is 13.1 Å². The van der Waals surface area contributed by atoms with Gasteiger partial charge in [0.15, 0.2) is 5.78 Å². The van der Waals surface area contributed by atoms with Crippen LogP contribution >= 0.6 is 0 Å². The molecule has 3 aromatic rings. The Morgan fingerprint density at radius 1 is 1.26 bits per heavy atom. The van der Waals surface area contributed by atoms with Crippen molar-refractivity contribution in [3.05, 3.63) is 74.4 Å². The molecule has 0 aliphatic heterocycles. The number of hydrogen-bond donors (Lipinski definition) is 1. The minimum absolute atomic E-state index is 0.0728. The lowest BCUT2D eigenvalue weighted by Gasteiger charge is -2.14. The largest absolute Gasteiger partial charge is 0.384 e. The van der Waals surface area contributed by atoms with Gasteiger partial charge in [-0.2, -0.15) is 5.26 Å². The fourth-order valence-electron chi connectivity index (χ4n) is 2.66. The number of aromatic nitrogens is 5. The molecule has 0 radical (unpaired) electrons. The van der Waals surface area contributed by atoms with Gasteiger partial charge in [0, 0.05) is 7.05 Å². The summed E-state index contributed by atoms with van der Waals surface area (Å²) in [6, 6.07) is 10.8. The summed E-state index contributed by atoms with van der Waals surface area (Å²) in [5, 5.41) is 16.1. The number of ketones is 1. The van der Waals surface area contributed by atoms with E-state index < -0.39 is 17.0 Å². The maximum absolute atomic E-state index is 12.7. The molecule has 10 heteroatoms. The molecule has 2 N–H and O–H groups in total. The zero-order valence-corrected chi connectivity index (χ0v) is 14.4. The molecule has 0 atom stereocenters. The lowest BCUT2D eigenvalue weighted by Crippen LogP contribution is -2.43. The van der Waals surface area contributed by atoms with Crippen molar-refractivity contribution >= 4 is 11.6 Å². The maximum Gasteiger partial charge on any atom is 0.332 e. The minimum atomic E-state index is -0.793. The summed E-state index contributed by atoms with van der Waals surface area (Å²) in [5.41, 5.74) is 5.08. The molecular formula is C17H15N7O3. The number of hydrogen-bond acceptors (Lipinski definition) is 7. The van der Waals surface area contributed by atoms with Crippen LogP contribution in [0.2, 0.25) is 0 Å². The molecule has 0 aliphatic rings. The Bertz CT molecular complexity index is 1170. The number of nitrogens with zero attached hydrogens (tertiary/aromatic N) is 6. The first-order chi connectivity index (χ1) is 12.9. The van der Waals surface area contributed by atoms with E-state index in [0.717, 1.165) is 10.1 Å². The van der Waals surface area contributed by atoms with Crippen LogP contribution in [0, 0.1) is 11.3 Å². The second-order valence-electron chi connectivity index (χ2n) is 5.80. The number of carbonyl (C=O) groups excluding carboxylic acids is 1. The van der Waals surface area contributed by atoms with Crippen LogP contribution in [0.3, 0.4) is 0 Å². The fourth-order valence-corrected chi connectivity index (χ4v) is 2.66. The molecule has 0 amide bonds. The fraction of sp³-hybridized carbons (Fsp3) is 0.176. The summed E-state index contributed by atoms with van der Waals surface area (Å²) in [4.78, 5) is 37.7. The molecule has 10 nitrogen and oxygen atoms in total. The van der Waals surface area contributed by atoms with Crippen molar-refractivity contribution in [3.8, 4) is 6.07 Å². The van der Waals surface area contributed by atoms with Crippen molar-refractivity contribution in [3.63, 3.8) is 0 Å². The van der Waals surface area contributed by atoms with E-state index in [9.17, 15) is 14.4 Å². The number of carbonyl (C=O) groups is 1. The summed E-state index contributed by atoms with van der Waals surface area (Å²) in [6.45, 7) is -0.241. The first-order valence-corrected chi connectivity index (χ1v) is 7.88. The third-order valence-corrected chi connectivity index (χ3v) is 4.08. The Kier molecular flexibility index (Phi) is 4.68. The van der Waals surface area contributed by atoms with Gasteiger partial charge in [-0.15, -0.1) is 10.2 Å². The van der Waals surface area contributed by atoms with Gasteiger partial charge in [-0.3, -0.25) is 23.3 Å². The van der Waals surface area contributed by atoms with Crippen molar-refractivity contribution in [2.24, 2.45) is 7.05 Å². The lowest BCUT2D eigenvalue weighted by atomic mass is 10.1. The van der Waals surface area contributed by atoms with Crippen LogP contribution in [0.4, 0.5) is 5.82 Å². The molecule has 27 heavy (non-hydrogen) atoms. The summed E-state index contributed by atoms with van der Waals surface area (Å²) in [6.07, 6.45) is 1.21. The number of nitriles is 1. The molecule has 0 fully saturated rings. The predicted molar refractivity (Wildman–Crippen MR) is 95.0 cm³/mol. The van der Waals surface area contributed by atoms with Gasteiger partial charge < -0.3 is 5.73 Å². The number of anilines is 1. The van der Waals surface area contributed by atoms with Gasteiger partial charge in [0.1, 0.15) is 23.8 Å². The molecule has 0 saturated heterocycles. The van der Waals surface area contributed by atoms with Crippen molar-refractivity contribution in [1.29, 1.82) is 5.26 Å². The molecule has 2 heterocycles. The highest BCUT2D eigenvalue weighted by Gasteiger charge is 2.22. The van der Waals surface area contributed by atoms with E-state index in [-0.39, 0.29) is 30.3 Å². The standard InChI is InChI=1S/C17H15N7O3/c1-22-16(26)14(12(25)9-23-10-20-21-13(23)7-18)15(19)24(17(22)27)8-11-5-3-2-4-6-11/h2-6,10H,8-9,19H2,1H3. The first-order valence-electron chi connectivity index (χ1n) is 7.88. The van der Waals surface area contributed by atoms with E-state index in [4.69, 9.17) is 11.0 Å². The summed E-state index contributed by atoms with van der Waals surface area (Å²) in [7, 11) is 1.28. The summed E-state index contributed by atoms with van der Waals surface area (Å²) >= 11 is 0. The number of rotatable bonds is 5. The molecule has 1 aromatic carbocycles. The second kappa shape index (κ2) is 7.09. The zero-order valence-electron chi connectivity index (χ0n) is 14.4. The molecule has 3 rings (SSSR count). The van der Waals surface area contributed by atoms with E-state index in [1.165, 1.54) is 22.5 Å². The highest BCUT2D eigenvalue weighted by molar-refractivity contribution is 5.99. The number of nitrogen functional groups attached to an aromatic ring is 1. The van der Waals surface area contributed by atoms with Crippen LogP contribution in [-0.2, 0) is 20.1 Å². The van der Waals surface area contributed by atoms with E-state index in [1.807, 2.05) is 6.07 Å². The normalized spacial score (nSPS) is 10.5. The van der Waals surface area contributed by atoms with E-state index in [0.29, 0.717) is 0 Å². The molecular weight excluding hydrogens is 350 g/mol. The molecule has 0 saturated carbocycles. The van der Waals surface area contributed by atoms with E-state index in [1.54, 1.807) is 30.3 Å². The van der Waals surface area contributed by atoms with Crippen molar-refractivity contribution in [1.82, 2.24) is 23.9 Å². The zero-order chi connectivity index (χ0) is 19.6. The number of nitrogens with two attached hydrogens (primary N) is 1. The minimum Gasteiger partial charge on any atom is -0.384 e. The van der Waals surface area contributed by atoms with Gasteiger partial charge in [-0.05, 0) is 5.56 Å². The van der Waals surface area contributed by atoms with Gasteiger partial charge in [0.2, 0.25) is 5.82 Å². The number of benzene rings is 1. The Morgan fingerprint density at radius 3 is 2.63 bits per heavy atom. The van der Waals surface area contributed by atoms with Crippen molar-refractivity contribution < 1.29 is 4.79 Å². The van der Waals surface area contributed by atoms with E-state index in [2.05, 4.69) is 10.2 Å². The monoisotopic (exact) mass is 365 g/mol.